The summed E-state index contributed by atoms with van der Waals surface area (Å²) in [5.41, 5.74) is 2.81. The van der Waals surface area contributed by atoms with Crippen molar-refractivity contribution < 1.29 is 76.9 Å². The molecule has 6 amide bonds. The van der Waals surface area contributed by atoms with Crippen LogP contribution in [0.5, 0.6) is 0 Å². The number of carbonyl (C=O) groups is 7. The number of fused-ring (bicyclic) bond motifs is 7. The van der Waals surface area contributed by atoms with Crippen LogP contribution in [0.15, 0.2) is 84.5 Å². The smallest absolute Gasteiger partial charge is 0.409 e. The lowest BCUT2D eigenvalue weighted by Gasteiger charge is -2.41. The third-order valence-corrected chi connectivity index (χ3v) is 17.4. The highest BCUT2D eigenvalue weighted by molar-refractivity contribution is 6.34. The molecule has 0 radical (unpaired) electrons. The van der Waals surface area contributed by atoms with Crippen LogP contribution in [0, 0.1) is 23.7 Å². The van der Waals surface area contributed by atoms with Crippen LogP contribution in [0.3, 0.4) is 0 Å². The highest BCUT2D eigenvalue weighted by Gasteiger charge is 2.64. The van der Waals surface area contributed by atoms with Crippen molar-refractivity contribution in [1.29, 1.82) is 0 Å². The first-order valence-electron chi connectivity index (χ1n) is 30.7. The van der Waals surface area contributed by atoms with Crippen molar-refractivity contribution in [3.8, 4) is 11.8 Å². The number of anilines is 2. The van der Waals surface area contributed by atoms with Crippen molar-refractivity contribution in [2.24, 2.45) is 11.8 Å². The summed E-state index contributed by atoms with van der Waals surface area (Å²) in [4.78, 5) is 99.6. The van der Waals surface area contributed by atoms with E-state index < -0.39 is 71.4 Å². The van der Waals surface area contributed by atoms with Crippen LogP contribution >= 0.6 is 11.6 Å². The fourth-order valence-electron chi connectivity index (χ4n) is 10.9. The predicted octanol–water partition coefficient (Wildman–Crippen LogP) is 6.16. The average Bonchev–Trinajstić information content (AvgIpc) is 1.72. The lowest BCUT2D eigenvalue weighted by Crippen LogP contribution is -2.60. The zero-order chi connectivity index (χ0) is 65.1. The molecule has 4 aliphatic heterocycles. The molecule has 0 saturated carbocycles. The second-order valence-electron chi connectivity index (χ2n) is 23.5. The van der Waals surface area contributed by atoms with Crippen LogP contribution < -0.4 is 20.4 Å². The van der Waals surface area contributed by atoms with Gasteiger partial charge in [-0.2, -0.15) is 0 Å². The quantitative estimate of drug-likeness (QED) is 0.0304. The number of para-hydroxylation sites is 1. The number of ether oxygens (including phenoxy) is 7. The van der Waals surface area contributed by atoms with Crippen molar-refractivity contribution in [1.82, 2.24) is 20.4 Å². The number of nitrogens with one attached hydrogen (secondary N) is 2. The number of carbonyl (C=O) groups excluding carboxylic acids is 7. The molecular weight excluding hydrogens is 1180 g/mol. The summed E-state index contributed by atoms with van der Waals surface area (Å²) < 4.78 is 40.5. The second kappa shape index (κ2) is 33.2. The SMILES string of the molecule is C/C1=C/C=C/[C@@H](C)[C@@]2(O)C[C@H](OC(=O)N2)[C@@H](C)[C@@H]2O[C@@]2(C)[C@@H](OC(=O)[C@H](C)N(C)C(=O)CCCC(=O)N(C)CCOCCOCCOCCOCCC(=O)NCCC(=O)N2Cc3ccccc3C#Cc3ccccc32)CC(=O)N(C)c2cc(cc(CO)c2Cl)C1. The molecule has 3 aromatic rings. The first-order chi connectivity index (χ1) is 43.0. The van der Waals surface area contributed by atoms with Crippen molar-refractivity contribution in [3.05, 3.63) is 117 Å². The molecule has 7 rings (SSSR count). The van der Waals surface area contributed by atoms with Crippen LogP contribution in [-0.4, -0.2) is 184 Å². The zero-order valence-corrected chi connectivity index (χ0v) is 53.6. The van der Waals surface area contributed by atoms with Gasteiger partial charge in [0.2, 0.25) is 29.5 Å². The molecule has 0 unspecified atom stereocenters. The largest absolute Gasteiger partial charge is 0.457 e. The highest BCUT2D eigenvalue weighted by atomic mass is 35.5. The van der Waals surface area contributed by atoms with Crippen LogP contribution in [-0.2, 0) is 81.5 Å². The first-order valence-corrected chi connectivity index (χ1v) is 31.1. The fraction of sp³-hybridized carbons (Fsp3) is 0.537. The molecule has 2 saturated heterocycles. The van der Waals surface area contributed by atoms with E-state index in [0.29, 0.717) is 70.4 Å². The standard InChI is InChI=1S/C67H87ClN6O16/c1-44-15-13-16-45(2)67(83)41-55(88-65(82)70-67)46(3)63-66(5,90-63)56(40-61(80)73(8)54-39-48(37-44)38-52(43-75)62(54)68)89-64(81)47(4)72(7)59(78)22-14-21-58(77)71(6)28-30-85-32-34-87-36-35-86-33-31-84-29-26-57(76)69-27-25-60(79)74-42-51-19-10-9-17-49(51)23-24-50-18-11-12-20-53(50)74/h9-13,15-20,38-39,45-47,55-56,63,75,83H,14,21-22,25-37,40-43H2,1-8H3,(H,69,76)(H,70,82)/b16-13+,44-15-/t45-,46-,47+,55+,56+,63+,66+,67+/m1/s1. The van der Waals surface area contributed by atoms with Gasteiger partial charge in [0.15, 0.2) is 0 Å². The van der Waals surface area contributed by atoms with Gasteiger partial charge in [-0.3, -0.25) is 29.3 Å². The lowest BCUT2D eigenvalue weighted by atomic mass is 9.82. The van der Waals surface area contributed by atoms with Gasteiger partial charge in [-0.25, -0.2) is 9.59 Å². The Bertz CT molecular complexity index is 3170. The van der Waals surface area contributed by atoms with Gasteiger partial charge in [0.05, 0.1) is 94.9 Å². The summed E-state index contributed by atoms with van der Waals surface area (Å²) in [7, 11) is 4.64. The number of nitrogens with zero attached hydrogens (tertiary/aromatic N) is 4. The summed E-state index contributed by atoms with van der Waals surface area (Å²) >= 11 is 6.79. The Labute approximate surface area is 532 Å². The molecule has 0 spiro atoms. The third kappa shape index (κ3) is 19.2. The van der Waals surface area contributed by atoms with E-state index in [9.17, 15) is 43.8 Å². The maximum absolute atomic E-state index is 14.3. The van der Waals surface area contributed by atoms with Crippen LogP contribution in [0.1, 0.15) is 107 Å². The molecule has 4 aliphatic rings. The highest BCUT2D eigenvalue weighted by Crippen LogP contribution is 2.49. The third-order valence-electron chi connectivity index (χ3n) is 16.9. The van der Waals surface area contributed by atoms with Crippen molar-refractivity contribution >= 4 is 64.6 Å². The average molecular weight is 1270 g/mol. The molecule has 0 aliphatic carbocycles. The number of rotatable bonds is 26. The Balaban J connectivity index is 0.765. The Morgan fingerprint density at radius 1 is 0.867 bits per heavy atom. The minimum atomic E-state index is -1.68. The van der Waals surface area contributed by atoms with Gasteiger partial charge in [0, 0.05) is 89.3 Å². The lowest BCUT2D eigenvalue weighted by molar-refractivity contribution is -0.162. The fourth-order valence-corrected chi connectivity index (χ4v) is 11.2. The second-order valence-corrected chi connectivity index (χ2v) is 23.9. The van der Waals surface area contributed by atoms with Gasteiger partial charge < -0.3 is 68.3 Å². The molecule has 23 heteroatoms. The molecule has 4 N–H and O–H groups in total. The number of benzene rings is 3. The van der Waals surface area contributed by atoms with Gasteiger partial charge >= 0.3 is 12.1 Å². The van der Waals surface area contributed by atoms with Gasteiger partial charge in [-0.05, 0) is 74.6 Å². The minimum Gasteiger partial charge on any atom is -0.457 e. The summed E-state index contributed by atoms with van der Waals surface area (Å²) in [6.45, 7) is 11.5. The van der Waals surface area contributed by atoms with E-state index in [1.807, 2.05) is 61.5 Å². The normalized spacial score (nSPS) is 23.5. The van der Waals surface area contributed by atoms with Crippen molar-refractivity contribution in [3.63, 3.8) is 0 Å². The van der Waals surface area contributed by atoms with Gasteiger partial charge in [0.1, 0.15) is 29.6 Å². The molecule has 90 heavy (non-hydrogen) atoms. The number of amides is 6. The molecule has 4 bridgehead atoms. The van der Waals surface area contributed by atoms with E-state index in [1.165, 1.54) is 35.7 Å². The van der Waals surface area contributed by atoms with E-state index in [-0.39, 0.29) is 94.1 Å². The van der Waals surface area contributed by atoms with Crippen molar-refractivity contribution in [2.45, 2.75) is 135 Å². The molecule has 4 heterocycles. The molecule has 0 aromatic heterocycles. The topological polar surface area (TPSA) is 265 Å². The summed E-state index contributed by atoms with van der Waals surface area (Å²) in [6.07, 6.45) is 2.46. The number of aliphatic hydroxyl groups is 2. The maximum Gasteiger partial charge on any atom is 0.409 e. The molecule has 8 atom stereocenters. The van der Waals surface area contributed by atoms with E-state index >= 15 is 0 Å². The van der Waals surface area contributed by atoms with E-state index in [0.717, 1.165) is 33.5 Å². The molecule has 3 aromatic carbocycles. The monoisotopic (exact) mass is 1270 g/mol. The van der Waals surface area contributed by atoms with Crippen molar-refractivity contribution in [2.75, 3.05) is 96.9 Å². The number of hydrogen-bond donors (Lipinski definition) is 4. The number of alkyl carbamates (subject to hydrolysis) is 1. The Hall–Kier alpha value is -7.20. The Kier molecular flexibility index (Phi) is 25.9. The minimum absolute atomic E-state index is 0.00694. The predicted molar refractivity (Wildman–Crippen MR) is 336 cm³/mol. The Morgan fingerprint density at radius 3 is 2.22 bits per heavy atom. The maximum atomic E-state index is 14.3. The number of hydrogen-bond acceptors (Lipinski definition) is 16. The van der Waals surface area contributed by atoms with Crippen LogP contribution in [0.2, 0.25) is 5.02 Å². The van der Waals surface area contributed by atoms with Gasteiger partial charge in [-0.15, -0.1) is 0 Å². The number of allylic oxidation sites excluding steroid dienone is 3. The number of likely N-dealkylation sites (N-methyl/N-ethyl adjacent to an activating group) is 2. The zero-order valence-electron chi connectivity index (χ0n) is 52.9. The molecule has 488 valence electrons. The number of esters is 1. The van der Waals surface area contributed by atoms with E-state index in [4.69, 9.17) is 44.8 Å². The van der Waals surface area contributed by atoms with E-state index in [2.05, 4.69) is 22.5 Å². The molecule has 22 nitrogen and oxygen atoms in total. The van der Waals surface area contributed by atoms with Crippen LogP contribution in [0.25, 0.3) is 0 Å². The molecular formula is C67H87ClN6O16. The van der Waals surface area contributed by atoms with Gasteiger partial charge in [0.25, 0.3) is 0 Å². The first kappa shape index (κ1) is 70.3. The number of epoxide rings is 1. The summed E-state index contributed by atoms with van der Waals surface area (Å²) in [5.74, 6) is 3.06. The molecule has 2 fully saturated rings. The number of halogens is 1. The van der Waals surface area contributed by atoms with Gasteiger partial charge in [-0.1, -0.05) is 97.5 Å². The van der Waals surface area contributed by atoms with Crippen LogP contribution in [0.4, 0.5) is 16.2 Å². The van der Waals surface area contributed by atoms with E-state index in [1.54, 1.807) is 57.0 Å². The Morgan fingerprint density at radius 2 is 1.51 bits per heavy atom. The summed E-state index contributed by atoms with van der Waals surface area (Å²) in [5, 5.41) is 27.6. The number of aliphatic hydroxyl groups excluding tert-OH is 1. The summed E-state index contributed by atoms with van der Waals surface area (Å²) in [6, 6.07) is 17.7.